The number of carbonyl (C=O) groups excluding carboxylic acids is 3. The van der Waals surface area contributed by atoms with Crippen molar-refractivity contribution in [1.29, 1.82) is 0 Å². The van der Waals surface area contributed by atoms with Gasteiger partial charge < -0.3 is 14.2 Å². The average molecular weight is 453 g/mol. The van der Waals surface area contributed by atoms with Crippen molar-refractivity contribution in [1.82, 2.24) is 19.2 Å². The van der Waals surface area contributed by atoms with Crippen LogP contribution in [0.25, 0.3) is 5.52 Å². The van der Waals surface area contributed by atoms with Crippen molar-refractivity contribution in [3.8, 4) is 0 Å². The summed E-state index contributed by atoms with van der Waals surface area (Å²) in [6, 6.07) is 6.80. The summed E-state index contributed by atoms with van der Waals surface area (Å²) in [5.74, 6) is -0.895. The first-order chi connectivity index (χ1) is 14.0. The number of rotatable bonds is 1. The van der Waals surface area contributed by atoms with Crippen LogP contribution in [0.1, 0.15) is 42.5 Å². The molecule has 0 N–H and O–H groups in total. The van der Waals surface area contributed by atoms with Gasteiger partial charge in [-0.25, -0.2) is 0 Å². The number of aromatic nitrogens is 2. The molecule has 0 unspecified atom stereocenters. The molecule has 7 nitrogen and oxygen atoms in total. The molecule has 146 valence electrons. The summed E-state index contributed by atoms with van der Waals surface area (Å²) in [4.78, 5) is 48.2. The van der Waals surface area contributed by atoms with Gasteiger partial charge >= 0.3 is 0 Å². The molecular formula is C21H17BrN4O3. The van der Waals surface area contributed by atoms with E-state index in [1.54, 1.807) is 33.7 Å². The fourth-order valence-corrected chi connectivity index (χ4v) is 4.41. The van der Waals surface area contributed by atoms with E-state index in [0.29, 0.717) is 24.2 Å². The molecule has 29 heavy (non-hydrogen) atoms. The second-order valence-electron chi connectivity index (χ2n) is 7.35. The fraction of sp³-hybridized carbons (Fsp3) is 0.238. The van der Waals surface area contributed by atoms with E-state index < -0.39 is 0 Å². The van der Waals surface area contributed by atoms with Gasteiger partial charge in [-0.1, -0.05) is 0 Å². The second kappa shape index (κ2) is 6.60. The minimum absolute atomic E-state index is 0.128. The molecule has 5 rings (SSSR count). The van der Waals surface area contributed by atoms with Crippen molar-refractivity contribution in [2.24, 2.45) is 0 Å². The van der Waals surface area contributed by atoms with Gasteiger partial charge in [0, 0.05) is 43.0 Å². The highest BCUT2D eigenvalue weighted by atomic mass is 79.9. The maximum Gasteiger partial charge on any atom is 0.256 e. The lowest BCUT2D eigenvalue weighted by Crippen LogP contribution is -2.47. The Labute approximate surface area is 175 Å². The van der Waals surface area contributed by atoms with Gasteiger partial charge in [-0.15, -0.1) is 0 Å². The molecule has 8 heteroatoms. The zero-order chi connectivity index (χ0) is 20.3. The number of hydrogen-bond acceptors (Lipinski definition) is 5. The van der Waals surface area contributed by atoms with Gasteiger partial charge in [-0.05, 0) is 47.2 Å². The summed E-state index contributed by atoms with van der Waals surface area (Å²) < 4.78 is 2.38. The SMILES string of the molecule is CN1CCN(C(=O)c2c3c(n4cc(Br)ccc24)C(=O)c2ncccc2C3=O)CC1. The largest absolute Gasteiger partial charge is 0.336 e. The van der Waals surface area contributed by atoms with E-state index in [4.69, 9.17) is 0 Å². The van der Waals surface area contributed by atoms with Crippen LogP contribution in [0.5, 0.6) is 0 Å². The first kappa shape index (κ1) is 18.2. The average Bonchev–Trinajstić information content (AvgIpc) is 3.06. The van der Waals surface area contributed by atoms with E-state index >= 15 is 0 Å². The maximum atomic E-state index is 13.5. The number of halogens is 1. The Morgan fingerprint density at radius 1 is 1.07 bits per heavy atom. The quantitative estimate of drug-likeness (QED) is 0.442. The van der Waals surface area contributed by atoms with E-state index in [0.717, 1.165) is 17.6 Å². The number of amides is 1. The molecular weight excluding hydrogens is 436 g/mol. The molecule has 4 heterocycles. The van der Waals surface area contributed by atoms with Crippen molar-refractivity contribution >= 4 is 38.9 Å². The lowest BCUT2D eigenvalue weighted by atomic mass is 9.89. The summed E-state index contributed by atoms with van der Waals surface area (Å²) in [5.41, 5.74) is 1.60. The van der Waals surface area contributed by atoms with E-state index in [-0.39, 0.29) is 40.0 Å². The Balaban J connectivity index is 1.76. The fourth-order valence-electron chi connectivity index (χ4n) is 4.07. The number of likely N-dealkylation sites (N-methyl/N-ethyl adjacent to an activating group) is 1. The summed E-state index contributed by atoms with van der Waals surface area (Å²) in [7, 11) is 2.01. The van der Waals surface area contributed by atoms with E-state index in [1.807, 2.05) is 13.1 Å². The molecule has 3 aromatic heterocycles. The van der Waals surface area contributed by atoms with Crippen LogP contribution in [0.15, 0.2) is 41.1 Å². The van der Waals surface area contributed by atoms with Gasteiger partial charge in [0.25, 0.3) is 5.91 Å². The Morgan fingerprint density at radius 2 is 1.83 bits per heavy atom. The van der Waals surface area contributed by atoms with Crippen molar-refractivity contribution in [2.45, 2.75) is 0 Å². The highest BCUT2D eigenvalue weighted by Gasteiger charge is 2.39. The van der Waals surface area contributed by atoms with Gasteiger partial charge in [-0.3, -0.25) is 19.4 Å². The van der Waals surface area contributed by atoms with Gasteiger partial charge in [-0.2, -0.15) is 0 Å². The monoisotopic (exact) mass is 452 g/mol. The van der Waals surface area contributed by atoms with Crippen LogP contribution in [0.4, 0.5) is 0 Å². The van der Waals surface area contributed by atoms with Crippen LogP contribution in [0.2, 0.25) is 0 Å². The number of hydrogen-bond donors (Lipinski definition) is 0. The predicted octanol–water partition coefficient (Wildman–Crippen LogP) is 2.26. The molecule has 0 atom stereocenters. The highest BCUT2D eigenvalue weighted by Crippen LogP contribution is 2.34. The van der Waals surface area contributed by atoms with Crippen LogP contribution in [0.3, 0.4) is 0 Å². The summed E-state index contributed by atoms with van der Waals surface area (Å²) in [5, 5.41) is 0. The van der Waals surface area contributed by atoms with Crippen LogP contribution >= 0.6 is 15.9 Å². The Kier molecular flexibility index (Phi) is 4.15. The van der Waals surface area contributed by atoms with Gasteiger partial charge in [0.05, 0.1) is 22.2 Å². The molecule has 1 amide bonds. The van der Waals surface area contributed by atoms with Crippen LogP contribution < -0.4 is 0 Å². The lowest BCUT2D eigenvalue weighted by molar-refractivity contribution is 0.0663. The standard InChI is InChI=1S/C21H17BrN4O3/c1-24-7-9-25(10-8-24)21(29)15-14-5-4-12(22)11-26(14)18-16(15)19(27)13-3-2-6-23-17(13)20(18)28/h2-6,11H,7-10H2,1H3. The molecule has 2 aliphatic rings. The highest BCUT2D eigenvalue weighted by molar-refractivity contribution is 9.10. The molecule has 1 saturated heterocycles. The first-order valence-corrected chi connectivity index (χ1v) is 10.1. The normalized spacial score (nSPS) is 16.8. The summed E-state index contributed by atoms with van der Waals surface area (Å²) in [6.07, 6.45) is 3.21. The third-order valence-corrected chi connectivity index (χ3v) is 6.08. The number of nitrogens with zero attached hydrogens (tertiary/aromatic N) is 4. The third kappa shape index (κ3) is 2.67. The number of pyridine rings is 2. The zero-order valence-electron chi connectivity index (χ0n) is 15.7. The molecule has 0 radical (unpaired) electrons. The minimum Gasteiger partial charge on any atom is -0.336 e. The van der Waals surface area contributed by atoms with Crippen LogP contribution in [-0.4, -0.2) is 69.9 Å². The smallest absolute Gasteiger partial charge is 0.256 e. The first-order valence-electron chi connectivity index (χ1n) is 9.33. The number of piperazine rings is 1. The molecule has 1 aliphatic heterocycles. The maximum absolute atomic E-state index is 13.5. The third-order valence-electron chi connectivity index (χ3n) is 5.61. The molecule has 0 bridgehead atoms. The van der Waals surface area contributed by atoms with Crippen LogP contribution in [0, 0.1) is 0 Å². The van der Waals surface area contributed by atoms with Crippen LogP contribution in [-0.2, 0) is 0 Å². The van der Waals surface area contributed by atoms with Crippen molar-refractivity contribution in [3.05, 3.63) is 69.2 Å². The van der Waals surface area contributed by atoms with E-state index in [1.165, 1.54) is 6.20 Å². The second-order valence-corrected chi connectivity index (χ2v) is 8.27. The molecule has 0 saturated carbocycles. The van der Waals surface area contributed by atoms with E-state index in [2.05, 4.69) is 25.8 Å². The number of ketones is 2. The van der Waals surface area contributed by atoms with Gasteiger partial charge in [0.2, 0.25) is 5.78 Å². The van der Waals surface area contributed by atoms with Crippen molar-refractivity contribution in [3.63, 3.8) is 0 Å². The lowest BCUT2D eigenvalue weighted by Gasteiger charge is -2.32. The molecule has 1 fully saturated rings. The molecule has 0 spiro atoms. The zero-order valence-corrected chi connectivity index (χ0v) is 17.3. The van der Waals surface area contributed by atoms with Gasteiger partial charge in [0.1, 0.15) is 11.4 Å². The van der Waals surface area contributed by atoms with E-state index in [9.17, 15) is 14.4 Å². The summed E-state index contributed by atoms with van der Waals surface area (Å²) >= 11 is 3.42. The van der Waals surface area contributed by atoms with Crippen molar-refractivity contribution in [2.75, 3.05) is 33.2 Å². The molecule has 0 aromatic carbocycles. The minimum atomic E-state index is -0.347. The molecule has 3 aromatic rings. The number of carbonyl (C=O) groups is 3. The Morgan fingerprint density at radius 3 is 2.59 bits per heavy atom. The topological polar surface area (TPSA) is 75.0 Å². The predicted molar refractivity (Wildman–Crippen MR) is 110 cm³/mol. The Hall–Kier alpha value is -2.84. The Bertz CT molecular complexity index is 1210. The molecule has 1 aliphatic carbocycles. The summed E-state index contributed by atoms with van der Waals surface area (Å²) in [6.45, 7) is 2.70. The van der Waals surface area contributed by atoms with Gasteiger partial charge in [0.15, 0.2) is 5.78 Å². The van der Waals surface area contributed by atoms with Crippen molar-refractivity contribution < 1.29 is 14.4 Å². The number of fused-ring (bicyclic) bond motifs is 4.